The first-order valence-electron chi connectivity index (χ1n) is 21.2. The Balaban J connectivity index is 0.000000150. The summed E-state index contributed by atoms with van der Waals surface area (Å²) in [7, 11) is 4.44. The molecule has 3 saturated heterocycles. The van der Waals surface area contributed by atoms with Crippen molar-refractivity contribution in [2.24, 2.45) is 11.8 Å². The van der Waals surface area contributed by atoms with E-state index >= 15 is 0 Å². The molecule has 2 aromatic carbocycles. The maximum Gasteiger partial charge on any atom is 0.141 e. The lowest BCUT2D eigenvalue weighted by Crippen LogP contribution is -2.45. The van der Waals surface area contributed by atoms with Crippen molar-refractivity contribution < 1.29 is 0 Å². The van der Waals surface area contributed by atoms with Gasteiger partial charge in [-0.25, -0.2) is 19.9 Å². The predicted molar refractivity (Wildman–Crippen MR) is 240 cm³/mol. The number of piperidine rings is 3. The summed E-state index contributed by atoms with van der Waals surface area (Å²) >= 11 is 3.44. The van der Waals surface area contributed by atoms with Crippen molar-refractivity contribution in [2.45, 2.75) is 63.5 Å². The lowest BCUT2D eigenvalue weighted by Gasteiger charge is -2.39. The molecule has 0 amide bonds. The Bertz CT molecular complexity index is 2180. The largest absolute Gasteiger partial charge is 0.356 e. The first-order valence-corrected chi connectivity index (χ1v) is 23.0. The molecule has 0 atom stereocenters. The van der Waals surface area contributed by atoms with E-state index in [-0.39, 0.29) is 0 Å². The minimum absolute atomic E-state index is 0.766. The maximum absolute atomic E-state index is 4.76. The highest BCUT2D eigenvalue weighted by molar-refractivity contribution is 7.17. The van der Waals surface area contributed by atoms with E-state index < -0.39 is 0 Å². The minimum atomic E-state index is 0.766. The Hall–Kier alpha value is -4.00. The Labute approximate surface area is 346 Å². The van der Waals surface area contributed by atoms with Gasteiger partial charge in [-0.15, -0.1) is 22.7 Å². The molecule has 6 aromatic rings. The molecule has 1 N–H and O–H groups in total. The number of nitrogens with zero attached hydrogens (tertiary/aromatic N) is 8. The summed E-state index contributed by atoms with van der Waals surface area (Å²) in [6.45, 7) is 9.33. The highest BCUT2D eigenvalue weighted by Crippen LogP contribution is 2.40. The van der Waals surface area contributed by atoms with E-state index in [1.807, 2.05) is 0 Å². The van der Waals surface area contributed by atoms with Crippen molar-refractivity contribution in [2.75, 3.05) is 76.3 Å². The van der Waals surface area contributed by atoms with E-state index in [0.29, 0.717) is 0 Å². The molecule has 0 bridgehead atoms. The number of nitrogens with one attached hydrogen (secondary N) is 1. The number of anilines is 2. The fourth-order valence-corrected chi connectivity index (χ4v) is 11.0. The number of rotatable bonds is 10. The number of likely N-dealkylation sites (tertiary alicyclic amines) is 1. The van der Waals surface area contributed by atoms with E-state index in [4.69, 9.17) is 9.97 Å². The van der Waals surface area contributed by atoms with Gasteiger partial charge >= 0.3 is 0 Å². The normalized spacial score (nSPS) is 19.1. The Morgan fingerprint density at radius 1 is 0.596 bits per heavy atom. The van der Waals surface area contributed by atoms with Gasteiger partial charge in [-0.05, 0) is 108 Å². The van der Waals surface area contributed by atoms with Crippen LogP contribution in [-0.2, 0) is 0 Å². The zero-order chi connectivity index (χ0) is 38.6. The van der Waals surface area contributed by atoms with Gasteiger partial charge in [0, 0.05) is 66.7 Å². The zero-order valence-electron chi connectivity index (χ0n) is 33.6. The van der Waals surface area contributed by atoms with Crippen LogP contribution in [0, 0.1) is 11.8 Å². The Morgan fingerprint density at radius 2 is 1.09 bits per heavy atom. The lowest BCUT2D eigenvalue weighted by atomic mass is 9.94. The standard InChI is InChI=1S/C25H33N5S.C21H24N4S/c1-28(2)21-10-12-29(13-11-21)16-19-8-14-30(15-9-19)24-23-22(20-6-4-3-5-7-20)17-31-25(23)27-18-26-24;1-2-4-16(5-3-1)18-13-26-21-19(18)20(23-14-24-21)25-10-8-15(9-11-25)12-22-17-6-7-17/h3-7,17-19,21H,8-16H2,1-2H3;1-5,13-15,17,22H,6-12H2. The SMILES string of the molecule is CN(C)C1CCN(CC2CCN(c3ncnc4scc(-c5ccccc5)c34)CC2)CC1.c1ccc(-c2csc3ncnc(N4CCC(CNC5CC5)CC4)c23)cc1. The van der Waals surface area contributed by atoms with E-state index in [0.717, 1.165) is 71.4 Å². The van der Waals surface area contributed by atoms with Gasteiger partial charge in [0.25, 0.3) is 0 Å². The van der Waals surface area contributed by atoms with Crippen LogP contribution >= 0.6 is 22.7 Å². The van der Waals surface area contributed by atoms with Crippen LogP contribution in [0.1, 0.15) is 51.4 Å². The van der Waals surface area contributed by atoms with Gasteiger partial charge in [-0.3, -0.25) is 0 Å². The van der Waals surface area contributed by atoms with E-state index in [1.165, 1.54) is 111 Å². The molecular weight excluding hydrogens is 743 g/mol. The van der Waals surface area contributed by atoms with Gasteiger partial charge < -0.3 is 24.9 Å². The number of aromatic nitrogens is 4. The van der Waals surface area contributed by atoms with Crippen LogP contribution in [0.2, 0.25) is 0 Å². The summed E-state index contributed by atoms with van der Waals surface area (Å²) in [5.41, 5.74) is 5.03. The molecule has 4 aliphatic rings. The molecule has 1 aliphatic carbocycles. The van der Waals surface area contributed by atoms with Crippen molar-refractivity contribution in [3.63, 3.8) is 0 Å². The average Bonchev–Trinajstić information content (AvgIpc) is 3.83. The van der Waals surface area contributed by atoms with Crippen LogP contribution in [0.25, 0.3) is 42.7 Å². The molecule has 0 radical (unpaired) electrons. The van der Waals surface area contributed by atoms with Crippen LogP contribution in [0.15, 0.2) is 84.1 Å². The third-order valence-corrected chi connectivity index (χ3v) is 14.5. The molecule has 57 heavy (non-hydrogen) atoms. The number of hydrogen-bond acceptors (Lipinski definition) is 11. The van der Waals surface area contributed by atoms with Crippen LogP contribution in [0.4, 0.5) is 11.6 Å². The number of hydrogen-bond donors (Lipinski definition) is 1. The van der Waals surface area contributed by atoms with Gasteiger partial charge in [0.1, 0.15) is 34.0 Å². The fourth-order valence-electron chi connectivity index (χ4n) is 9.14. The van der Waals surface area contributed by atoms with Crippen molar-refractivity contribution >= 4 is 54.7 Å². The Kier molecular flexibility index (Phi) is 12.1. The quantitative estimate of drug-likeness (QED) is 0.146. The minimum Gasteiger partial charge on any atom is -0.356 e. The van der Waals surface area contributed by atoms with Crippen molar-refractivity contribution in [3.8, 4) is 22.3 Å². The second kappa shape index (κ2) is 17.9. The molecule has 0 spiro atoms. The van der Waals surface area contributed by atoms with Gasteiger partial charge in [0.15, 0.2) is 0 Å². The second-order valence-electron chi connectivity index (χ2n) is 16.8. The monoisotopic (exact) mass is 799 g/mol. The second-order valence-corrected chi connectivity index (χ2v) is 18.5. The molecule has 11 heteroatoms. The maximum atomic E-state index is 4.76. The summed E-state index contributed by atoms with van der Waals surface area (Å²) in [5.74, 6) is 3.85. The van der Waals surface area contributed by atoms with Crippen LogP contribution < -0.4 is 15.1 Å². The number of benzene rings is 2. The molecular formula is C46H57N9S2. The molecule has 9 nitrogen and oxygen atoms in total. The fraction of sp³-hybridized carbons (Fsp3) is 0.478. The van der Waals surface area contributed by atoms with Crippen LogP contribution in [-0.4, -0.2) is 108 Å². The van der Waals surface area contributed by atoms with Gasteiger partial charge in [0.2, 0.25) is 0 Å². The number of fused-ring (bicyclic) bond motifs is 2. The molecule has 4 aromatic heterocycles. The summed E-state index contributed by atoms with van der Waals surface area (Å²) < 4.78 is 0. The zero-order valence-corrected chi connectivity index (χ0v) is 35.2. The molecule has 0 unspecified atom stereocenters. The Morgan fingerprint density at radius 3 is 1.56 bits per heavy atom. The van der Waals surface area contributed by atoms with Crippen molar-refractivity contribution in [1.29, 1.82) is 0 Å². The van der Waals surface area contributed by atoms with E-state index in [1.54, 1.807) is 35.3 Å². The molecule has 298 valence electrons. The smallest absolute Gasteiger partial charge is 0.141 e. The molecule has 4 fully saturated rings. The van der Waals surface area contributed by atoms with Crippen molar-refractivity contribution in [1.82, 2.24) is 35.1 Å². The molecule has 7 heterocycles. The number of thiophene rings is 2. The molecule has 3 aliphatic heterocycles. The first-order chi connectivity index (χ1) is 28.1. The highest BCUT2D eigenvalue weighted by atomic mass is 32.1. The summed E-state index contributed by atoms with van der Waals surface area (Å²) in [6, 6.07) is 22.8. The third kappa shape index (κ3) is 9.03. The summed E-state index contributed by atoms with van der Waals surface area (Å²) in [6.07, 6.45) is 13.8. The van der Waals surface area contributed by atoms with Crippen LogP contribution in [0.3, 0.4) is 0 Å². The average molecular weight is 800 g/mol. The van der Waals surface area contributed by atoms with E-state index in [2.05, 4.69) is 120 Å². The van der Waals surface area contributed by atoms with Gasteiger partial charge in [-0.1, -0.05) is 60.7 Å². The summed E-state index contributed by atoms with van der Waals surface area (Å²) in [4.78, 5) is 30.8. The highest BCUT2D eigenvalue weighted by Gasteiger charge is 2.28. The van der Waals surface area contributed by atoms with E-state index in [9.17, 15) is 0 Å². The predicted octanol–water partition coefficient (Wildman–Crippen LogP) is 8.93. The van der Waals surface area contributed by atoms with Gasteiger partial charge in [-0.2, -0.15) is 0 Å². The topological polar surface area (TPSA) is 76.5 Å². The molecule has 1 saturated carbocycles. The van der Waals surface area contributed by atoms with Crippen molar-refractivity contribution in [3.05, 3.63) is 84.1 Å². The first kappa shape index (κ1) is 38.5. The summed E-state index contributed by atoms with van der Waals surface area (Å²) in [5, 5.41) is 10.6. The third-order valence-electron chi connectivity index (χ3n) is 12.8. The van der Waals surface area contributed by atoms with Gasteiger partial charge in [0.05, 0.1) is 10.8 Å². The van der Waals surface area contributed by atoms with Crippen LogP contribution in [0.5, 0.6) is 0 Å². The lowest BCUT2D eigenvalue weighted by molar-refractivity contribution is 0.124. The molecule has 10 rings (SSSR count).